The number of ether oxygens (including phenoxy) is 2. The molecule has 170 valence electrons. The summed E-state index contributed by atoms with van der Waals surface area (Å²) in [6.45, 7) is 11.4. The highest BCUT2D eigenvalue weighted by atomic mass is 16.7. The largest absolute Gasteiger partial charge is 0.394 e. The first-order valence-electron chi connectivity index (χ1n) is 11.7. The van der Waals surface area contributed by atoms with Gasteiger partial charge < -0.3 is 24.8 Å². The van der Waals surface area contributed by atoms with Gasteiger partial charge in [-0.25, -0.2) is 0 Å². The van der Waals surface area contributed by atoms with E-state index in [9.17, 15) is 15.3 Å². The zero-order valence-electron chi connectivity index (χ0n) is 18.8. The number of hydrogen-bond donors (Lipinski definition) is 3. The molecule has 3 aliphatic carbocycles. The van der Waals surface area contributed by atoms with Gasteiger partial charge in [-0.3, -0.25) is 0 Å². The van der Waals surface area contributed by atoms with Crippen LogP contribution in [0.25, 0.3) is 0 Å². The molecule has 4 aliphatic rings. The lowest BCUT2D eigenvalue weighted by atomic mass is 9.45. The Hall–Kier alpha value is -0.720. The molecule has 0 unspecified atom stereocenters. The molecule has 2 saturated carbocycles. The second-order valence-electron chi connectivity index (χ2n) is 11.2. The molecule has 1 heterocycles. The normalized spacial score (nSPS) is 51.1. The molecule has 1 aliphatic heterocycles. The van der Waals surface area contributed by atoms with Gasteiger partial charge >= 0.3 is 0 Å². The second-order valence-corrected chi connectivity index (χ2v) is 11.2. The van der Waals surface area contributed by atoms with E-state index in [2.05, 4.69) is 39.5 Å². The van der Waals surface area contributed by atoms with Gasteiger partial charge in [0.25, 0.3) is 0 Å². The third-order valence-corrected chi connectivity index (χ3v) is 9.14. The van der Waals surface area contributed by atoms with E-state index in [-0.39, 0.29) is 22.9 Å². The van der Waals surface area contributed by atoms with Crippen LogP contribution in [0, 0.1) is 28.1 Å². The number of fused-ring (bicyclic) bond motifs is 3. The lowest BCUT2D eigenvalue weighted by Gasteiger charge is -2.60. The Labute approximate surface area is 181 Å². The maximum absolute atomic E-state index is 10.3. The van der Waals surface area contributed by atoms with Crippen molar-refractivity contribution < 1.29 is 24.8 Å². The molecule has 30 heavy (non-hydrogen) atoms. The van der Waals surface area contributed by atoms with Crippen molar-refractivity contribution in [3.63, 3.8) is 0 Å². The van der Waals surface area contributed by atoms with E-state index < -0.39 is 24.6 Å². The summed E-state index contributed by atoms with van der Waals surface area (Å²) >= 11 is 0. The molecule has 9 atom stereocenters. The SMILES string of the molecule is C=C[C@@]1(C)CC[C@H]2C(=CC[C@H]3[C@@](C)(CO[C@@H]4O[C@@H](CO)[C@H](O)[C@H]4O)CCC[C@]23C)C1. The number of allylic oxidation sites excluding steroid dienone is 3. The summed E-state index contributed by atoms with van der Waals surface area (Å²) in [5.74, 6) is 1.16. The quantitative estimate of drug-likeness (QED) is 0.593. The first-order chi connectivity index (χ1) is 14.2. The molecule has 5 heteroatoms. The minimum atomic E-state index is -1.12. The zero-order valence-corrected chi connectivity index (χ0v) is 18.8. The van der Waals surface area contributed by atoms with Crippen LogP contribution in [0.1, 0.15) is 65.7 Å². The van der Waals surface area contributed by atoms with Crippen LogP contribution < -0.4 is 0 Å². The van der Waals surface area contributed by atoms with E-state index >= 15 is 0 Å². The number of aliphatic hydroxyl groups is 3. The van der Waals surface area contributed by atoms with E-state index in [1.807, 2.05) is 0 Å². The molecule has 3 fully saturated rings. The van der Waals surface area contributed by atoms with Crippen LogP contribution in [0.15, 0.2) is 24.3 Å². The Morgan fingerprint density at radius 1 is 1.20 bits per heavy atom. The predicted octanol–water partition coefficient (Wildman–Crippen LogP) is 3.58. The summed E-state index contributed by atoms with van der Waals surface area (Å²) in [4.78, 5) is 0. The van der Waals surface area contributed by atoms with Crippen LogP contribution in [0.2, 0.25) is 0 Å². The minimum absolute atomic E-state index is 0.000446. The van der Waals surface area contributed by atoms with Gasteiger partial charge in [0.15, 0.2) is 6.29 Å². The summed E-state index contributed by atoms with van der Waals surface area (Å²) < 4.78 is 11.6. The fourth-order valence-corrected chi connectivity index (χ4v) is 7.19. The van der Waals surface area contributed by atoms with E-state index in [1.165, 1.54) is 25.7 Å². The van der Waals surface area contributed by atoms with Gasteiger partial charge in [0.05, 0.1) is 13.2 Å². The topological polar surface area (TPSA) is 79.2 Å². The highest BCUT2D eigenvalue weighted by Crippen LogP contribution is 2.63. The first-order valence-corrected chi connectivity index (χ1v) is 11.7. The number of aliphatic hydroxyl groups excluding tert-OH is 3. The van der Waals surface area contributed by atoms with Crippen LogP contribution in [-0.4, -0.2) is 53.1 Å². The lowest BCUT2D eigenvalue weighted by molar-refractivity contribution is -0.200. The zero-order chi connectivity index (χ0) is 21.7. The molecule has 0 aromatic rings. The number of hydrogen-bond acceptors (Lipinski definition) is 5. The van der Waals surface area contributed by atoms with Crippen molar-refractivity contribution in [2.45, 2.75) is 90.3 Å². The third-order valence-electron chi connectivity index (χ3n) is 9.14. The van der Waals surface area contributed by atoms with E-state index in [1.54, 1.807) is 5.57 Å². The molecule has 3 N–H and O–H groups in total. The number of rotatable bonds is 5. The van der Waals surface area contributed by atoms with Crippen LogP contribution in [0.5, 0.6) is 0 Å². The molecule has 4 rings (SSSR count). The fourth-order valence-electron chi connectivity index (χ4n) is 7.19. The van der Waals surface area contributed by atoms with Crippen molar-refractivity contribution in [1.29, 1.82) is 0 Å². The molecule has 0 radical (unpaired) electrons. The summed E-state index contributed by atoms with van der Waals surface area (Å²) in [5.41, 5.74) is 2.13. The van der Waals surface area contributed by atoms with Gasteiger partial charge in [0.1, 0.15) is 18.3 Å². The molecule has 5 nitrogen and oxygen atoms in total. The van der Waals surface area contributed by atoms with Crippen molar-refractivity contribution >= 4 is 0 Å². The lowest BCUT2D eigenvalue weighted by Crippen LogP contribution is -2.53. The molecule has 1 saturated heterocycles. The van der Waals surface area contributed by atoms with Gasteiger partial charge in [0.2, 0.25) is 0 Å². The highest BCUT2D eigenvalue weighted by molar-refractivity contribution is 5.25. The predicted molar refractivity (Wildman–Crippen MR) is 116 cm³/mol. The van der Waals surface area contributed by atoms with Crippen molar-refractivity contribution in [3.8, 4) is 0 Å². The Balaban J connectivity index is 1.50. The molecule has 0 aromatic carbocycles. The van der Waals surface area contributed by atoms with Crippen molar-refractivity contribution in [2.24, 2.45) is 28.1 Å². The van der Waals surface area contributed by atoms with Crippen molar-refractivity contribution in [3.05, 3.63) is 24.3 Å². The molecule has 0 aromatic heterocycles. The van der Waals surface area contributed by atoms with Gasteiger partial charge in [-0.2, -0.15) is 0 Å². The summed E-state index contributed by atoms with van der Waals surface area (Å²) in [6, 6.07) is 0. The van der Waals surface area contributed by atoms with Crippen LogP contribution in [0.4, 0.5) is 0 Å². The van der Waals surface area contributed by atoms with E-state index in [0.717, 1.165) is 19.3 Å². The molecular weight excluding hydrogens is 380 g/mol. The minimum Gasteiger partial charge on any atom is -0.394 e. The third kappa shape index (κ3) is 3.61. The fraction of sp³-hybridized carbons (Fsp3) is 0.840. The summed E-state index contributed by atoms with van der Waals surface area (Å²) in [7, 11) is 0. The average molecular weight is 421 g/mol. The Bertz CT molecular complexity index is 691. The summed E-state index contributed by atoms with van der Waals surface area (Å²) in [5, 5.41) is 29.6. The van der Waals surface area contributed by atoms with Crippen molar-refractivity contribution in [1.82, 2.24) is 0 Å². The molecule has 0 amide bonds. The van der Waals surface area contributed by atoms with Crippen LogP contribution in [-0.2, 0) is 9.47 Å². The van der Waals surface area contributed by atoms with Crippen molar-refractivity contribution in [2.75, 3.05) is 13.2 Å². The van der Waals surface area contributed by atoms with Gasteiger partial charge in [-0.1, -0.05) is 44.9 Å². The smallest absolute Gasteiger partial charge is 0.186 e. The Kier molecular flexibility index (Phi) is 6.00. The molecular formula is C25H40O5. The van der Waals surface area contributed by atoms with Gasteiger partial charge in [-0.15, -0.1) is 6.58 Å². The first kappa shape index (κ1) is 22.5. The second kappa shape index (κ2) is 8.00. The standard InChI is InChI=1S/C25H40O5/c1-5-23(2)12-9-17-16(13-23)7-8-19-24(3,10-6-11-25(17,19)4)15-29-22-21(28)20(27)18(14-26)30-22/h5,7,17-22,26-28H,1,6,8-15H2,2-4H3/t17-,18-,19-,20-,21+,22+,23-,24+,25+/m0/s1. The molecule has 0 bridgehead atoms. The maximum Gasteiger partial charge on any atom is 0.186 e. The Morgan fingerprint density at radius 2 is 1.97 bits per heavy atom. The molecule has 0 spiro atoms. The Morgan fingerprint density at radius 3 is 2.63 bits per heavy atom. The van der Waals surface area contributed by atoms with Crippen LogP contribution in [0.3, 0.4) is 0 Å². The summed E-state index contributed by atoms with van der Waals surface area (Å²) in [6.07, 6.45) is 8.97. The maximum atomic E-state index is 10.3. The highest BCUT2D eigenvalue weighted by Gasteiger charge is 2.56. The average Bonchev–Trinajstić information content (AvgIpc) is 3.00. The van der Waals surface area contributed by atoms with Gasteiger partial charge in [-0.05, 0) is 66.6 Å². The van der Waals surface area contributed by atoms with Crippen LogP contribution >= 0.6 is 0 Å². The monoisotopic (exact) mass is 420 g/mol. The van der Waals surface area contributed by atoms with E-state index in [0.29, 0.717) is 18.4 Å². The van der Waals surface area contributed by atoms with Gasteiger partial charge in [0, 0.05) is 0 Å². The van der Waals surface area contributed by atoms with E-state index in [4.69, 9.17) is 9.47 Å².